The van der Waals surface area contributed by atoms with E-state index in [0.29, 0.717) is 0 Å². The third-order valence-corrected chi connectivity index (χ3v) is 3.07. The Morgan fingerprint density at radius 2 is 1.38 bits per heavy atom. The average Bonchev–Trinajstić information content (AvgIpc) is 2.39. The molecule has 0 aliphatic heterocycles. The Balaban J connectivity index is 2.39. The number of aromatic nitrogens is 4. The predicted molar refractivity (Wildman–Crippen MR) is 72.1 cm³/mol. The highest BCUT2D eigenvalue weighted by Crippen LogP contribution is 2.21. The Bertz CT molecular complexity index is 743. The highest BCUT2D eigenvalue weighted by atomic mass is 35.5. The second kappa shape index (κ2) is 6.31. The third-order valence-electron chi connectivity index (χ3n) is 2.23. The van der Waals surface area contributed by atoms with Crippen molar-refractivity contribution in [3.8, 4) is 0 Å². The highest BCUT2D eigenvalue weighted by molar-refractivity contribution is 6.32. The lowest BCUT2D eigenvalue weighted by Gasteiger charge is -2.05. The number of nitrogens with zero attached hydrogens (tertiary/aromatic N) is 4. The Labute approximate surface area is 136 Å². The molecule has 21 heavy (non-hydrogen) atoms. The van der Waals surface area contributed by atoms with Crippen LogP contribution in [-0.4, -0.2) is 25.7 Å². The van der Waals surface area contributed by atoms with Crippen molar-refractivity contribution in [1.82, 2.24) is 19.9 Å². The molecule has 0 amide bonds. The van der Waals surface area contributed by atoms with Crippen LogP contribution in [0.15, 0.2) is 0 Å². The molecule has 0 saturated heterocycles. The molecule has 0 atom stereocenters. The maximum Gasteiger partial charge on any atom is 0.224 e. The SMILES string of the molecule is O=C(Cc1nc(Cl)nc(Cl)c1F)c1nc(Cl)nc(Cl)c1F. The van der Waals surface area contributed by atoms with Crippen LogP contribution in [0.4, 0.5) is 8.78 Å². The van der Waals surface area contributed by atoms with Gasteiger partial charge in [0, 0.05) is 0 Å². The van der Waals surface area contributed by atoms with Gasteiger partial charge in [0.05, 0.1) is 12.1 Å². The monoisotopic (exact) mass is 372 g/mol. The summed E-state index contributed by atoms with van der Waals surface area (Å²) in [5.74, 6) is -3.14. The first-order chi connectivity index (χ1) is 9.79. The number of rotatable bonds is 3. The molecule has 0 radical (unpaired) electrons. The second-order valence-corrected chi connectivity index (χ2v) is 4.98. The van der Waals surface area contributed by atoms with Crippen LogP contribution in [-0.2, 0) is 6.42 Å². The number of Topliss-reactive ketones (excluding diaryl/α,β-unsaturated/α-hetero) is 1. The predicted octanol–water partition coefficient (Wildman–Crippen LogP) is 3.58. The zero-order valence-electron chi connectivity index (χ0n) is 9.67. The van der Waals surface area contributed by atoms with Crippen LogP contribution in [0.1, 0.15) is 16.2 Å². The molecule has 11 heteroatoms. The number of hydrogen-bond acceptors (Lipinski definition) is 5. The van der Waals surface area contributed by atoms with E-state index in [2.05, 4.69) is 19.9 Å². The topological polar surface area (TPSA) is 68.6 Å². The van der Waals surface area contributed by atoms with Gasteiger partial charge >= 0.3 is 0 Å². The van der Waals surface area contributed by atoms with E-state index in [4.69, 9.17) is 46.4 Å². The third kappa shape index (κ3) is 3.55. The van der Waals surface area contributed by atoms with Crippen molar-refractivity contribution in [2.24, 2.45) is 0 Å². The summed E-state index contributed by atoms with van der Waals surface area (Å²) in [4.78, 5) is 25.6. The number of hydrogen-bond donors (Lipinski definition) is 0. The first kappa shape index (κ1) is 16.2. The molecule has 0 N–H and O–H groups in total. The normalized spacial score (nSPS) is 10.8. The average molecular weight is 374 g/mol. The van der Waals surface area contributed by atoms with E-state index in [0.717, 1.165) is 0 Å². The van der Waals surface area contributed by atoms with Gasteiger partial charge in [-0.2, -0.15) is 0 Å². The van der Waals surface area contributed by atoms with Gasteiger partial charge in [0.25, 0.3) is 0 Å². The molecule has 0 aliphatic rings. The van der Waals surface area contributed by atoms with Crippen molar-refractivity contribution in [3.05, 3.63) is 43.9 Å². The maximum absolute atomic E-state index is 13.7. The van der Waals surface area contributed by atoms with Gasteiger partial charge in [-0.05, 0) is 23.2 Å². The molecule has 2 aromatic rings. The molecule has 2 aromatic heterocycles. The fourth-order valence-corrected chi connectivity index (χ4v) is 2.17. The Kier molecular flexibility index (Phi) is 4.88. The number of carbonyl (C=O) groups is 1. The molecule has 110 valence electrons. The zero-order chi connectivity index (χ0) is 15.7. The fourth-order valence-electron chi connectivity index (χ4n) is 1.37. The van der Waals surface area contributed by atoms with E-state index >= 15 is 0 Å². The van der Waals surface area contributed by atoms with Gasteiger partial charge in [0.1, 0.15) is 5.69 Å². The minimum absolute atomic E-state index is 0.358. The van der Waals surface area contributed by atoms with Crippen LogP contribution in [0.3, 0.4) is 0 Å². The van der Waals surface area contributed by atoms with Gasteiger partial charge in [-0.3, -0.25) is 4.79 Å². The van der Waals surface area contributed by atoms with Crippen molar-refractivity contribution < 1.29 is 13.6 Å². The molecule has 0 aliphatic carbocycles. The molecule has 0 bridgehead atoms. The van der Waals surface area contributed by atoms with E-state index in [1.807, 2.05) is 0 Å². The molecular weight excluding hydrogens is 372 g/mol. The van der Waals surface area contributed by atoms with Crippen LogP contribution in [0, 0.1) is 11.6 Å². The Morgan fingerprint density at radius 3 is 2.00 bits per heavy atom. The quantitative estimate of drug-likeness (QED) is 0.467. The number of halogens is 6. The number of carbonyl (C=O) groups excluding carboxylic acids is 1. The van der Waals surface area contributed by atoms with Crippen molar-refractivity contribution in [2.75, 3.05) is 0 Å². The van der Waals surface area contributed by atoms with Gasteiger partial charge < -0.3 is 0 Å². The van der Waals surface area contributed by atoms with Crippen LogP contribution in [0.2, 0.25) is 20.9 Å². The van der Waals surface area contributed by atoms with E-state index in [9.17, 15) is 13.6 Å². The largest absolute Gasteiger partial charge is 0.292 e. The minimum atomic E-state index is -1.17. The molecule has 0 saturated carbocycles. The fraction of sp³-hybridized carbons (Fsp3) is 0.100. The lowest BCUT2D eigenvalue weighted by atomic mass is 10.1. The summed E-state index contributed by atoms with van der Waals surface area (Å²) in [5.41, 5.74) is -1.10. The number of ketones is 1. The first-order valence-electron chi connectivity index (χ1n) is 5.08. The van der Waals surface area contributed by atoms with Crippen molar-refractivity contribution in [2.45, 2.75) is 6.42 Å². The van der Waals surface area contributed by atoms with Crippen molar-refractivity contribution in [1.29, 1.82) is 0 Å². The second-order valence-electron chi connectivity index (χ2n) is 3.59. The zero-order valence-corrected chi connectivity index (χ0v) is 12.7. The Morgan fingerprint density at radius 1 is 0.857 bits per heavy atom. The van der Waals surface area contributed by atoms with Crippen LogP contribution in [0.25, 0.3) is 0 Å². The molecule has 0 fully saturated rings. The van der Waals surface area contributed by atoms with E-state index < -0.39 is 50.8 Å². The standard InChI is InChI=1S/C10H2Cl4F2N4O/c11-7-4(15)2(17-9(13)19-7)1-3(21)6-5(16)8(12)20-10(14)18-6/h1H2. The summed E-state index contributed by atoms with van der Waals surface area (Å²) < 4.78 is 27.3. The molecule has 0 spiro atoms. The Hall–Kier alpha value is -1.15. The van der Waals surface area contributed by atoms with Gasteiger partial charge in [0.15, 0.2) is 27.7 Å². The summed E-state index contributed by atoms with van der Waals surface area (Å²) >= 11 is 21.9. The van der Waals surface area contributed by atoms with Crippen molar-refractivity contribution in [3.63, 3.8) is 0 Å². The van der Waals surface area contributed by atoms with Gasteiger partial charge in [0.2, 0.25) is 10.6 Å². The molecule has 0 unspecified atom stereocenters. The van der Waals surface area contributed by atoms with Crippen LogP contribution < -0.4 is 0 Å². The smallest absolute Gasteiger partial charge is 0.224 e. The van der Waals surface area contributed by atoms with Gasteiger partial charge in [-0.15, -0.1) is 0 Å². The summed E-state index contributed by atoms with van der Waals surface area (Å²) in [6.07, 6.45) is -0.658. The maximum atomic E-state index is 13.7. The van der Waals surface area contributed by atoms with E-state index in [1.54, 1.807) is 0 Å². The molecule has 5 nitrogen and oxygen atoms in total. The van der Waals surface area contributed by atoms with Crippen LogP contribution >= 0.6 is 46.4 Å². The summed E-state index contributed by atoms with van der Waals surface area (Å²) in [6.45, 7) is 0. The molecule has 2 rings (SSSR count). The summed E-state index contributed by atoms with van der Waals surface area (Å²) in [5, 5.41) is -1.97. The van der Waals surface area contributed by atoms with Crippen LogP contribution in [0.5, 0.6) is 0 Å². The summed E-state index contributed by atoms with van der Waals surface area (Å²) in [6, 6.07) is 0. The highest BCUT2D eigenvalue weighted by Gasteiger charge is 2.22. The van der Waals surface area contributed by atoms with Gasteiger partial charge in [-0.25, -0.2) is 28.7 Å². The first-order valence-corrected chi connectivity index (χ1v) is 6.60. The van der Waals surface area contributed by atoms with Gasteiger partial charge in [-0.1, -0.05) is 23.2 Å². The lowest BCUT2D eigenvalue weighted by molar-refractivity contribution is 0.0981. The van der Waals surface area contributed by atoms with E-state index in [-0.39, 0.29) is 5.28 Å². The molecule has 2 heterocycles. The molecule has 0 aromatic carbocycles. The minimum Gasteiger partial charge on any atom is -0.292 e. The lowest BCUT2D eigenvalue weighted by Crippen LogP contribution is -2.13. The van der Waals surface area contributed by atoms with E-state index in [1.165, 1.54) is 0 Å². The molecular formula is C10H2Cl4F2N4O. The summed E-state index contributed by atoms with van der Waals surface area (Å²) in [7, 11) is 0. The van der Waals surface area contributed by atoms with Crippen molar-refractivity contribution >= 4 is 52.2 Å².